The largest absolute Gasteiger partial charge is 0.300 e. The molecule has 21 heavy (non-hydrogen) atoms. The van der Waals surface area contributed by atoms with Crippen LogP contribution in [-0.2, 0) is 11.3 Å². The molecular weight excluding hydrogens is 356 g/mol. The average Bonchev–Trinajstić information content (AvgIpc) is 3.11. The van der Waals surface area contributed by atoms with Crippen molar-refractivity contribution in [1.82, 2.24) is 25.2 Å². The van der Waals surface area contributed by atoms with Crippen molar-refractivity contribution in [2.75, 3.05) is 5.32 Å². The number of nitrogens with one attached hydrogen (secondary N) is 1. The van der Waals surface area contributed by atoms with E-state index >= 15 is 0 Å². The number of aromatic nitrogens is 5. The lowest BCUT2D eigenvalue weighted by atomic mass is 10.2. The minimum absolute atomic E-state index is 0.0558. The van der Waals surface area contributed by atoms with Gasteiger partial charge in [-0.3, -0.25) is 4.79 Å². The predicted octanol–water partition coefficient (Wildman–Crippen LogP) is 2.20. The van der Waals surface area contributed by atoms with Crippen LogP contribution in [0.3, 0.4) is 0 Å². The van der Waals surface area contributed by atoms with Crippen LogP contribution in [0.4, 0.5) is 5.13 Å². The van der Waals surface area contributed by atoms with Crippen molar-refractivity contribution < 1.29 is 4.79 Å². The monoisotopic (exact) mass is 364 g/mol. The first-order chi connectivity index (χ1) is 10.2. The maximum absolute atomic E-state index is 11.8. The number of rotatable bonds is 4. The van der Waals surface area contributed by atoms with Gasteiger partial charge in [0.25, 0.3) is 0 Å². The third kappa shape index (κ3) is 3.50. The summed E-state index contributed by atoms with van der Waals surface area (Å²) in [5.74, 6) is -0.223. The van der Waals surface area contributed by atoms with Gasteiger partial charge in [-0.1, -0.05) is 28.1 Å². The molecule has 0 spiro atoms. The van der Waals surface area contributed by atoms with E-state index in [9.17, 15) is 4.79 Å². The zero-order chi connectivity index (χ0) is 14.7. The minimum atomic E-state index is -0.223. The van der Waals surface area contributed by atoms with E-state index in [1.54, 1.807) is 0 Å². The molecule has 7 nitrogen and oxygen atoms in total. The van der Waals surface area contributed by atoms with Crippen LogP contribution in [0.1, 0.15) is 0 Å². The first kappa shape index (κ1) is 13.8. The standard InChI is InChI=1S/C12H9BrN6OS/c13-9-3-1-8(2-4-9)10-6-21-12(15-10)16-11(20)5-19-7-14-17-18-19/h1-4,6-7H,5H2,(H,15,16,20). The van der Waals surface area contributed by atoms with Gasteiger partial charge in [0, 0.05) is 15.4 Å². The number of halogens is 1. The molecule has 106 valence electrons. The molecule has 1 N–H and O–H groups in total. The second kappa shape index (κ2) is 6.10. The van der Waals surface area contributed by atoms with Crippen molar-refractivity contribution in [3.8, 4) is 11.3 Å². The van der Waals surface area contributed by atoms with Gasteiger partial charge in [-0.15, -0.1) is 16.4 Å². The predicted molar refractivity (Wildman–Crippen MR) is 81.7 cm³/mol. The minimum Gasteiger partial charge on any atom is -0.300 e. The van der Waals surface area contributed by atoms with Crippen molar-refractivity contribution in [2.45, 2.75) is 6.54 Å². The maximum atomic E-state index is 11.8. The van der Waals surface area contributed by atoms with Gasteiger partial charge in [0.15, 0.2) is 5.13 Å². The van der Waals surface area contributed by atoms with E-state index in [-0.39, 0.29) is 12.5 Å². The highest BCUT2D eigenvalue weighted by Crippen LogP contribution is 2.25. The summed E-state index contributed by atoms with van der Waals surface area (Å²) >= 11 is 4.76. The van der Waals surface area contributed by atoms with Crippen LogP contribution >= 0.6 is 27.3 Å². The quantitative estimate of drug-likeness (QED) is 0.766. The summed E-state index contributed by atoms with van der Waals surface area (Å²) in [6.45, 7) is 0.0558. The molecule has 0 bridgehead atoms. The highest BCUT2D eigenvalue weighted by Gasteiger charge is 2.09. The Morgan fingerprint density at radius 3 is 2.86 bits per heavy atom. The Labute approximate surface area is 132 Å². The van der Waals surface area contributed by atoms with Crippen LogP contribution in [0.5, 0.6) is 0 Å². The molecule has 0 unspecified atom stereocenters. The van der Waals surface area contributed by atoms with Crippen molar-refractivity contribution >= 4 is 38.3 Å². The third-order valence-corrected chi connectivity index (χ3v) is 3.87. The van der Waals surface area contributed by atoms with Crippen LogP contribution in [-0.4, -0.2) is 31.1 Å². The summed E-state index contributed by atoms with van der Waals surface area (Å²) in [6, 6.07) is 7.83. The van der Waals surface area contributed by atoms with Gasteiger partial charge >= 0.3 is 0 Å². The summed E-state index contributed by atoms with van der Waals surface area (Å²) in [7, 11) is 0. The lowest BCUT2D eigenvalue weighted by Gasteiger charge is -2.00. The molecule has 1 amide bonds. The molecule has 2 heterocycles. The summed E-state index contributed by atoms with van der Waals surface area (Å²) < 4.78 is 2.36. The zero-order valence-corrected chi connectivity index (χ0v) is 13.0. The first-order valence-corrected chi connectivity index (χ1v) is 7.60. The number of benzene rings is 1. The first-order valence-electron chi connectivity index (χ1n) is 5.93. The third-order valence-electron chi connectivity index (χ3n) is 2.59. The Morgan fingerprint density at radius 2 is 2.14 bits per heavy atom. The molecule has 0 aliphatic rings. The van der Waals surface area contributed by atoms with E-state index < -0.39 is 0 Å². The van der Waals surface area contributed by atoms with E-state index in [1.165, 1.54) is 22.3 Å². The van der Waals surface area contributed by atoms with Crippen molar-refractivity contribution in [3.63, 3.8) is 0 Å². The van der Waals surface area contributed by atoms with Crippen molar-refractivity contribution in [2.24, 2.45) is 0 Å². The molecule has 0 radical (unpaired) electrons. The Balaban J connectivity index is 1.67. The zero-order valence-electron chi connectivity index (χ0n) is 10.6. The van der Waals surface area contributed by atoms with Crippen LogP contribution in [0, 0.1) is 0 Å². The second-order valence-electron chi connectivity index (χ2n) is 4.10. The van der Waals surface area contributed by atoms with Crippen molar-refractivity contribution in [3.05, 3.63) is 40.4 Å². The Bertz CT molecular complexity index is 739. The summed E-state index contributed by atoms with van der Waals surface area (Å²) in [6.07, 6.45) is 1.38. The molecular formula is C12H9BrN6OS. The number of anilines is 1. The molecule has 0 saturated heterocycles. The lowest BCUT2D eigenvalue weighted by Crippen LogP contribution is -2.19. The molecule has 9 heteroatoms. The average molecular weight is 365 g/mol. The fourth-order valence-electron chi connectivity index (χ4n) is 1.64. The molecule has 2 aromatic heterocycles. The molecule has 1 aromatic carbocycles. The molecule has 0 saturated carbocycles. The number of hydrogen-bond acceptors (Lipinski definition) is 6. The second-order valence-corrected chi connectivity index (χ2v) is 5.87. The van der Waals surface area contributed by atoms with Crippen LogP contribution in [0.2, 0.25) is 0 Å². The number of carbonyl (C=O) groups excluding carboxylic acids is 1. The molecule has 0 aliphatic carbocycles. The normalized spacial score (nSPS) is 10.5. The van der Waals surface area contributed by atoms with Crippen LogP contribution in [0.15, 0.2) is 40.4 Å². The number of nitrogens with zero attached hydrogens (tertiary/aromatic N) is 5. The topological polar surface area (TPSA) is 85.6 Å². The molecule has 3 aromatic rings. The summed E-state index contributed by atoms with van der Waals surface area (Å²) in [5.41, 5.74) is 1.82. The van der Waals surface area contributed by atoms with Crippen LogP contribution in [0.25, 0.3) is 11.3 Å². The number of hydrogen-bond donors (Lipinski definition) is 1. The van der Waals surface area contributed by atoms with Gasteiger partial charge in [-0.05, 0) is 22.6 Å². The van der Waals surface area contributed by atoms with Gasteiger partial charge < -0.3 is 5.32 Å². The highest BCUT2D eigenvalue weighted by atomic mass is 79.9. The summed E-state index contributed by atoms with van der Waals surface area (Å²) in [5, 5.41) is 15.7. The molecule has 0 aliphatic heterocycles. The number of thiazole rings is 1. The van der Waals surface area contributed by atoms with E-state index in [0.29, 0.717) is 5.13 Å². The molecule has 3 rings (SSSR count). The smallest absolute Gasteiger partial charge is 0.248 e. The SMILES string of the molecule is O=C(Cn1cnnn1)Nc1nc(-c2ccc(Br)cc2)cs1. The number of amides is 1. The van der Waals surface area contributed by atoms with Gasteiger partial charge in [-0.2, -0.15) is 0 Å². The molecule has 0 fully saturated rings. The lowest BCUT2D eigenvalue weighted by molar-refractivity contribution is -0.116. The van der Waals surface area contributed by atoms with Gasteiger partial charge in [0.05, 0.1) is 5.69 Å². The Morgan fingerprint density at radius 1 is 1.33 bits per heavy atom. The van der Waals surface area contributed by atoms with Gasteiger partial charge in [0.1, 0.15) is 12.9 Å². The Kier molecular flexibility index (Phi) is 4.02. The summed E-state index contributed by atoms with van der Waals surface area (Å²) in [4.78, 5) is 16.2. The maximum Gasteiger partial charge on any atom is 0.248 e. The fraction of sp³-hybridized carbons (Fsp3) is 0.0833. The Hall–Kier alpha value is -2.13. The van der Waals surface area contributed by atoms with Gasteiger partial charge in [-0.25, -0.2) is 9.67 Å². The molecule has 0 atom stereocenters. The van der Waals surface area contributed by atoms with Crippen LogP contribution < -0.4 is 5.32 Å². The van der Waals surface area contributed by atoms with Gasteiger partial charge in [0.2, 0.25) is 5.91 Å². The highest BCUT2D eigenvalue weighted by molar-refractivity contribution is 9.10. The van der Waals surface area contributed by atoms with E-state index in [0.717, 1.165) is 15.7 Å². The van der Waals surface area contributed by atoms with E-state index in [4.69, 9.17) is 0 Å². The fourth-order valence-corrected chi connectivity index (χ4v) is 2.64. The van der Waals surface area contributed by atoms with E-state index in [2.05, 4.69) is 41.8 Å². The van der Waals surface area contributed by atoms with E-state index in [1.807, 2.05) is 29.6 Å². The number of carbonyl (C=O) groups is 1. The number of tetrazole rings is 1. The van der Waals surface area contributed by atoms with Crippen molar-refractivity contribution in [1.29, 1.82) is 0 Å².